The number of methoxy groups -OCH3 is 1. The fourth-order valence-corrected chi connectivity index (χ4v) is 2.31. The van der Waals surface area contributed by atoms with Gasteiger partial charge in [-0.25, -0.2) is 4.98 Å². The Kier molecular flexibility index (Phi) is 4.69. The predicted molar refractivity (Wildman–Crippen MR) is 91.2 cm³/mol. The lowest BCUT2D eigenvalue weighted by Crippen LogP contribution is -2.20. The fraction of sp³-hybridized carbons (Fsp3) is 0.235. The van der Waals surface area contributed by atoms with Crippen LogP contribution >= 0.6 is 11.6 Å². The summed E-state index contributed by atoms with van der Waals surface area (Å²) in [5, 5.41) is 12.6. The second kappa shape index (κ2) is 6.89. The molecule has 0 amide bonds. The van der Waals surface area contributed by atoms with Gasteiger partial charge in [0, 0.05) is 23.9 Å². The largest absolute Gasteiger partial charge is 0.497 e. The predicted octanol–water partition coefficient (Wildman–Crippen LogP) is 3.52. The first-order valence-corrected chi connectivity index (χ1v) is 7.76. The van der Waals surface area contributed by atoms with Crippen molar-refractivity contribution in [3.8, 4) is 17.2 Å². The van der Waals surface area contributed by atoms with Crippen LogP contribution in [0.3, 0.4) is 0 Å². The molecule has 0 saturated heterocycles. The highest BCUT2D eigenvalue weighted by Gasteiger charge is 2.10. The summed E-state index contributed by atoms with van der Waals surface area (Å²) in [6, 6.07) is 13.2. The minimum absolute atomic E-state index is 0.192. The minimum Gasteiger partial charge on any atom is -0.497 e. The van der Waals surface area contributed by atoms with Crippen LogP contribution in [0.4, 0.5) is 5.69 Å². The van der Waals surface area contributed by atoms with Crippen molar-refractivity contribution in [2.45, 2.75) is 6.10 Å². The Balaban J connectivity index is 1.86. The first-order chi connectivity index (χ1) is 11.2. The lowest BCUT2D eigenvalue weighted by atomic mass is 10.2. The van der Waals surface area contributed by atoms with Crippen LogP contribution in [0.15, 0.2) is 46.9 Å². The van der Waals surface area contributed by atoms with Crippen molar-refractivity contribution in [3.63, 3.8) is 0 Å². The van der Waals surface area contributed by atoms with E-state index < -0.39 is 6.10 Å². The summed E-state index contributed by atoms with van der Waals surface area (Å²) in [7, 11) is 1.62. The third kappa shape index (κ3) is 3.57. The molecule has 1 unspecified atom stereocenters. The molecule has 0 bridgehead atoms. The second-order valence-electron chi connectivity index (χ2n) is 5.12. The summed E-state index contributed by atoms with van der Waals surface area (Å²) in [5.41, 5.74) is 3.14. The van der Waals surface area contributed by atoms with Gasteiger partial charge >= 0.3 is 0 Å². The van der Waals surface area contributed by atoms with E-state index in [0.29, 0.717) is 18.0 Å². The molecule has 3 aromatic rings. The zero-order valence-corrected chi connectivity index (χ0v) is 13.4. The Labute approximate surface area is 138 Å². The van der Waals surface area contributed by atoms with Gasteiger partial charge in [0.05, 0.1) is 19.1 Å². The number of alkyl halides is 1. The first-order valence-electron chi connectivity index (χ1n) is 7.22. The number of fused-ring (bicyclic) bond motifs is 1. The maximum atomic E-state index is 9.49. The van der Waals surface area contributed by atoms with Gasteiger partial charge in [0.25, 0.3) is 0 Å². The molecule has 2 aromatic carbocycles. The number of nitrogens with one attached hydrogen (secondary N) is 1. The van der Waals surface area contributed by atoms with E-state index in [1.54, 1.807) is 7.11 Å². The molecule has 23 heavy (non-hydrogen) atoms. The topological polar surface area (TPSA) is 67.5 Å². The van der Waals surface area contributed by atoms with Crippen molar-refractivity contribution in [1.82, 2.24) is 4.98 Å². The highest BCUT2D eigenvalue weighted by Crippen LogP contribution is 2.28. The van der Waals surface area contributed by atoms with Gasteiger partial charge in [-0.15, -0.1) is 11.6 Å². The Morgan fingerprint density at radius 2 is 2.17 bits per heavy atom. The quantitative estimate of drug-likeness (QED) is 0.676. The molecular weight excluding hydrogens is 316 g/mol. The van der Waals surface area contributed by atoms with Gasteiger partial charge in [-0.3, -0.25) is 0 Å². The number of oxazole rings is 1. The number of aromatic nitrogens is 1. The van der Waals surface area contributed by atoms with Crippen LogP contribution < -0.4 is 10.1 Å². The lowest BCUT2D eigenvalue weighted by Gasteiger charge is -2.09. The van der Waals surface area contributed by atoms with E-state index in [9.17, 15) is 5.11 Å². The van der Waals surface area contributed by atoms with E-state index in [0.717, 1.165) is 22.5 Å². The van der Waals surface area contributed by atoms with Crippen molar-refractivity contribution in [1.29, 1.82) is 0 Å². The van der Waals surface area contributed by atoms with Crippen molar-refractivity contribution in [3.05, 3.63) is 42.5 Å². The number of nitrogens with zero attached hydrogens (tertiary/aromatic N) is 1. The standard InChI is InChI=1S/C17H17ClN2O3/c1-22-14-4-2-3-11(7-14)17-20-15-6-5-12(8-16(15)23-17)19-10-13(21)9-18/h2-8,13,19,21H,9-10H2,1H3. The molecule has 120 valence electrons. The molecule has 5 nitrogen and oxygen atoms in total. The third-order valence-corrected chi connectivity index (χ3v) is 3.78. The fourth-order valence-electron chi connectivity index (χ4n) is 2.20. The number of ether oxygens (including phenoxy) is 1. The van der Waals surface area contributed by atoms with Gasteiger partial charge < -0.3 is 19.6 Å². The van der Waals surface area contributed by atoms with Crippen LogP contribution in [0.2, 0.25) is 0 Å². The Bertz CT molecular complexity index is 803. The molecule has 0 radical (unpaired) electrons. The average molecular weight is 333 g/mol. The molecule has 0 aliphatic rings. The van der Waals surface area contributed by atoms with Gasteiger partial charge in [-0.05, 0) is 30.3 Å². The van der Waals surface area contributed by atoms with Crippen LogP contribution in [-0.2, 0) is 0 Å². The average Bonchev–Trinajstić information content (AvgIpc) is 3.03. The highest BCUT2D eigenvalue weighted by atomic mass is 35.5. The van der Waals surface area contributed by atoms with Gasteiger partial charge in [0.2, 0.25) is 5.89 Å². The van der Waals surface area contributed by atoms with E-state index in [4.69, 9.17) is 20.8 Å². The number of aliphatic hydroxyl groups is 1. The molecule has 1 atom stereocenters. The molecule has 0 spiro atoms. The molecule has 6 heteroatoms. The van der Waals surface area contributed by atoms with Crippen molar-refractivity contribution < 1.29 is 14.3 Å². The van der Waals surface area contributed by atoms with Gasteiger partial charge in [-0.2, -0.15) is 0 Å². The Hall–Kier alpha value is -2.24. The Morgan fingerprint density at radius 3 is 2.96 bits per heavy atom. The molecule has 1 heterocycles. The van der Waals surface area contributed by atoms with Crippen LogP contribution in [0.1, 0.15) is 0 Å². The normalized spacial score (nSPS) is 12.3. The number of anilines is 1. The van der Waals surface area contributed by atoms with Crippen LogP contribution in [0, 0.1) is 0 Å². The maximum absolute atomic E-state index is 9.49. The molecule has 0 aliphatic heterocycles. The molecule has 0 saturated carbocycles. The first kappa shape index (κ1) is 15.6. The number of hydrogen-bond acceptors (Lipinski definition) is 5. The lowest BCUT2D eigenvalue weighted by molar-refractivity contribution is 0.211. The van der Waals surface area contributed by atoms with E-state index in [1.165, 1.54) is 0 Å². The summed E-state index contributed by atoms with van der Waals surface area (Å²) in [6.07, 6.45) is -0.588. The summed E-state index contributed by atoms with van der Waals surface area (Å²) < 4.78 is 11.1. The summed E-state index contributed by atoms with van der Waals surface area (Å²) in [4.78, 5) is 4.49. The smallest absolute Gasteiger partial charge is 0.227 e. The van der Waals surface area contributed by atoms with Gasteiger partial charge in [0.15, 0.2) is 5.58 Å². The SMILES string of the molecule is COc1cccc(-c2nc3ccc(NCC(O)CCl)cc3o2)c1. The number of halogens is 1. The Morgan fingerprint density at radius 1 is 1.30 bits per heavy atom. The monoisotopic (exact) mass is 332 g/mol. The highest BCUT2D eigenvalue weighted by molar-refractivity contribution is 6.18. The zero-order valence-electron chi connectivity index (χ0n) is 12.6. The number of benzene rings is 2. The molecular formula is C17H17ClN2O3. The summed E-state index contributed by atoms with van der Waals surface area (Å²) >= 11 is 5.58. The number of aliphatic hydroxyl groups excluding tert-OH is 1. The molecule has 3 rings (SSSR count). The van der Waals surface area contributed by atoms with Gasteiger partial charge in [0.1, 0.15) is 11.3 Å². The van der Waals surface area contributed by atoms with Crippen molar-refractivity contribution >= 4 is 28.4 Å². The maximum Gasteiger partial charge on any atom is 0.227 e. The van der Waals surface area contributed by atoms with E-state index in [2.05, 4.69) is 10.3 Å². The van der Waals surface area contributed by atoms with E-state index in [1.807, 2.05) is 42.5 Å². The molecule has 0 fully saturated rings. The number of rotatable bonds is 6. The number of hydrogen-bond donors (Lipinski definition) is 2. The van der Waals surface area contributed by atoms with Crippen LogP contribution in [0.5, 0.6) is 5.75 Å². The van der Waals surface area contributed by atoms with Crippen LogP contribution in [0.25, 0.3) is 22.6 Å². The van der Waals surface area contributed by atoms with Crippen LogP contribution in [-0.4, -0.2) is 35.7 Å². The van der Waals surface area contributed by atoms with E-state index in [-0.39, 0.29) is 5.88 Å². The molecule has 2 N–H and O–H groups in total. The molecule has 1 aromatic heterocycles. The molecule has 0 aliphatic carbocycles. The summed E-state index contributed by atoms with van der Waals surface area (Å²) in [5.74, 6) is 1.48. The van der Waals surface area contributed by atoms with E-state index >= 15 is 0 Å². The zero-order chi connectivity index (χ0) is 16.2. The second-order valence-corrected chi connectivity index (χ2v) is 5.43. The third-order valence-electron chi connectivity index (χ3n) is 3.43. The van der Waals surface area contributed by atoms with Gasteiger partial charge in [-0.1, -0.05) is 6.07 Å². The van der Waals surface area contributed by atoms with Crippen molar-refractivity contribution in [2.75, 3.05) is 24.9 Å². The summed E-state index contributed by atoms with van der Waals surface area (Å²) in [6.45, 7) is 0.381. The minimum atomic E-state index is -0.588. The van der Waals surface area contributed by atoms with Crippen molar-refractivity contribution in [2.24, 2.45) is 0 Å².